The van der Waals surface area contributed by atoms with Crippen LogP contribution in [0.15, 0.2) is 0 Å². The fraction of sp³-hybridized carbons (Fsp3) is 0.944. The Morgan fingerprint density at radius 3 is 2.57 bits per heavy atom. The first-order chi connectivity index (χ1) is 11.3. The molecule has 0 aliphatic carbocycles. The Bertz CT molecular complexity index is 370. The van der Waals surface area contributed by atoms with Crippen LogP contribution in [0.25, 0.3) is 0 Å². The van der Waals surface area contributed by atoms with Crippen molar-refractivity contribution in [1.82, 2.24) is 10.2 Å². The van der Waals surface area contributed by atoms with E-state index in [-0.39, 0.29) is 11.4 Å². The predicted octanol–water partition coefficient (Wildman–Crippen LogP) is 2.10. The van der Waals surface area contributed by atoms with Crippen LogP contribution in [0.3, 0.4) is 0 Å². The third-order valence-corrected chi connectivity index (χ3v) is 5.78. The quantitative estimate of drug-likeness (QED) is 0.813. The molecule has 5 heteroatoms. The van der Waals surface area contributed by atoms with Gasteiger partial charge in [0.1, 0.15) is 0 Å². The number of rotatable bonds is 6. The first-order valence-corrected chi connectivity index (χ1v) is 9.50. The lowest BCUT2D eigenvalue weighted by Crippen LogP contribution is -2.59. The summed E-state index contributed by atoms with van der Waals surface area (Å²) < 4.78 is 11.2. The largest absolute Gasteiger partial charge is 0.381 e. The number of ether oxygens (including phenoxy) is 2. The van der Waals surface area contributed by atoms with Gasteiger partial charge in [-0.3, -0.25) is 9.69 Å². The molecule has 1 atom stereocenters. The Kier molecular flexibility index (Phi) is 6.31. The second kappa shape index (κ2) is 8.45. The maximum absolute atomic E-state index is 12.3. The highest BCUT2D eigenvalue weighted by molar-refractivity contribution is 5.76. The van der Waals surface area contributed by atoms with E-state index < -0.39 is 0 Å². The summed E-state index contributed by atoms with van der Waals surface area (Å²) >= 11 is 0. The Hall–Kier alpha value is -0.650. The van der Waals surface area contributed by atoms with Crippen LogP contribution in [-0.2, 0) is 14.3 Å². The van der Waals surface area contributed by atoms with Crippen LogP contribution in [0.2, 0.25) is 0 Å². The fourth-order valence-corrected chi connectivity index (χ4v) is 4.24. The summed E-state index contributed by atoms with van der Waals surface area (Å²) in [4.78, 5) is 14.9. The maximum Gasteiger partial charge on any atom is 0.220 e. The number of hydrogen-bond acceptors (Lipinski definition) is 4. The van der Waals surface area contributed by atoms with Gasteiger partial charge in [0.05, 0.1) is 6.10 Å². The SMILES string of the molecule is O=C(CCC1CCCO1)NCC1(N2CCCCC2)CCOCC1. The minimum Gasteiger partial charge on any atom is -0.381 e. The number of piperidine rings is 1. The van der Waals surface area contributed by atoms with Crippen molar-refractivity contribution in [2.75, 3.05) is 39.5 Å². The highest BCUT2D eigenvalue weighted by Gasteiger charge is 2.39. The van der Waals surface area contributed by atoms with E-state index in [0.717, 1.165) is 58.5 Å². The normalized spacial score (nSPS) is 28.6. The molecule has 0 aromatic carbocycles. The first-order valence-electron chi connectivity index (χ1n) is 9.50. The molecule has 1 N–H and O–H groups in total. The molecule has 0 spiro atoms. The van der Waals surface area contributed by atoms with Crippen molar-refractivity contribution in [2.45, 2.75) is 69.4 Å². The van der Waals surface area contributed by atoms with Gasteiger partial charge >= 0.3 is 0 Å². The number of carbonyl (C=O) groups is 1. The van der Waals surface area contributed by atoms with Crippen LogP contribution >= 0.6 is 0 Å². The number of nitrogens with zero attached hydrogens (tertiary/aromatic N) is 1. The zero-order valence-electron chi connectivity index (χ0n) is 14.4. The highest BCUT2D eigenvalue weighted by Crippen LogP contribution is 2.30. The zero-order valence-corrected chi connectivity index (χ0v) is 14.4. The molecule has 0 radical (unpaired) electrons. The molecule has 5 nitrogen and oxygen atoms in total. The fourth-order valence-electron chi connectivity index (χ4n) is 4.24. The average Bonchev–Trinajstić information content (AvgIpc) is 3.13. The molecule has 3 saturated heterocycles. The third kappa shape index (κ3) is 4.68. The molecule has 3 fully saturated rings. The average molecular weight is 324 g/mol. The number of nitrogens with one attached hydrogen (secondary N) is 1. The first kappa shape index (κ1) is 17.2. The van der Waals surface area contributed by atoms with Gasteiger partial charge in [-0.15, -0.1) is 0 Å². The lowest BCUT2D eigenvalue weighted by Gasteiger charge is -2.48. The molecule has 0 aromatic rings. The molecule has 3 heterocycles. The Morgan fingerprint density at radius 2 is 1.87 bits per heavy atom. The van der Waals surface area contributed by atoms with E-state index in [0.29, 0.717) is 12.5 Å². The van der Waals surface area contributed by atoms with Gasteiger partial charge in [0, 0.05) is 38.3 Å². The number of likely N-dealkylation sites (tertiary alicyclic amines) is 1. The Labute approximate surface area is 140 Å². The van der Waals surface area contributed by atoms with E-state index in [2.05, 4.69) is 10.2 Å². The van der Waals surface area contributed by atoms with Crippen molar-refractivity contribution in [1.29, 1.82) is 0 Å². The third-order valence-electron chi connectivity index (χ3n) is 5.78. The number of amides is 1. The van der Waals surface area contributed by atoms with Crippen LogP contribution in [0, 0.1) is 0 Å². The van der Waals surface area contributed by atoms with Crippen LogP contribution in [0.1, 0.15) is 57.8 Å². The van der Waals surface area contributed by atoms with E-state index in [4.69, 9.17) is 9.47 Å². The van der Waals surface area contributed by atoms with Gasteiger partial charge < -0.3 is 14.8 Å². The van der Waals surface area contributed by atoms with Gasteiger partial charge in [-0.2, -0.15) is 0 Å². The molecule has 1 unspecified atom stereocenters. The molecule has 0 saturated carbocycles. The summed E-state index contributed by atoms with van der Waals surface area (Å²) in [7, 11) is 0. The summed E-state index contributed by atoms with van der Waals surface area (Å²) in [6, 6.07) is 0. The molecule has 0 bridgehead atoms. The number of carbonyl (C=O) groups excluding carboxylic acids is 1. The van der Waals surface area contributed by atoms with Crippen molar-refractivity contribution < 1.29 is 14.3 Å². The Balaban J connectivity index is 1.48. The van der Waals surface area contributed by atoms with Gasteiger partial charge in [-0.05, 0) is 58.0 Å². The predicted molar refractivity (Wildman–Crippen MR) is 89.4 cm³/mol. The maximum atomic E-state index is 12.3. The summed E-state index contributed by atoms with van der Waals surface area (Å²) in [5, 5.41) is 3.22. The van der Waals surface area contributed by atoms with E-state index in [1.165, 1.54) is 32.4 Å². The van der Waals surface area contributed by atoms with E-state index in [1.807, 2.05) is 0 Å². The zero-order chi connectivity index (χ0) is 16.0. The van der Waals surface area contributed by atoms with Gasteiger partial charge in [-0.1, -0.05) is 6.42 Å². The minimum absolute atomic E-state index is 0.123. The van der Waals surface area contributed by atoms with Gasteiger partial charge in [0.15, 0.2) is 0 Å². The van der Waals surface area contributed by atoms with Crippen LogP contribution in [0.4, 0.5) is 0 Å². The van der Waals surface area contributed by atoms with Gasteiger partial charge in [-0.25, -0.2) is 0 Å². The molecule has 1 amide bonds. The summed E-state index contributed by atoms with van der Waals surface area (Å²) in [5.41, 5.74) is 0.123. The van der Waals surface area contributed by atoms with Crippen molar-refractivity contribution in [2.24, 2.45) is 0 Å². The molecular formula is C18H32N2O3. The van der Waals surface area contributed by atoms with E-state index in [9.17, 15) is 4.79 Å². The van der Waals surface area contributed by atoms with Crippen LogP contribution in [-0.4, -0.2) is 61.9 Å². The second-order valence-electron chi connectivity index (χ2n) is 7.33. The standard InChI is InChI=1S/C18H32N2O3/c21-17(7-6-16-5-4-12-23-16)19-15-18(8-13-22-14-9-18)20-10-2-1-3-11-20/h16H,1-15H2,(H,19,21). The molecule has 3 rings (SSSR count). The summed E-state index contributed by atoms with van der Waals surface area (Å²) in [6.45, 7) is 5.63. The highest BCUT2D eigenvalue weighted by atomic mass is 16.5. The topological polar surface area (TPSA) is 50.8 Å². The minimum atomic E-state index is 0.123. The van der Waals surface area contributed by atoms with Crippen molar-refractivity contribution in [3.8, 4) is 0 Å². The van der Waals surface area contributed by atoms with Gasteiger partial charge in [0.2, 0.25) is 5.91 Å². The lowest BCUT2D eigenvalue weighted by molar-refractivity contribution is -0.123. The summed E-state index contributed by atoms with van der Waals surface area (Å²) in [6.07, 6.45) is 10.0. The molecule has 3 aliphatic rings. The van der Waals surface area contributed by atoms with Crippen LogP contribution < -0.4 is 5.32 Å². The molecule has 0 aromatic heterocycles. The van der Waals surface area contributed by atoms with Crippen molar-refractivity contribution >= 4 is 5.91 Å². The number of hydrogen-bond donors (Lipinski definition) is 1. The van der Waals surface area contributed by atoms with Gasteiger partial charge in [0.25, 0.3) is 0 Å². The van der Waals surface area contributed by atoms with Crippen molar-refractivity contribution in [3.05, 3.63) is 0 Å². The van der Waals surface area contributed by atoms with E-state index in [1.54, 1.807) is 0 Å². The molecule has 23 heavy (non-hydrogen) atoms. The summed E-state index contributed by atoms with van der Waals surface area (Å²) in [5.74, 6) is 0.184. The van der Waals surface area contributed by atoms with Crippen molar-refractivity contribution in [3.63, 3.8) is 0 Å². The monoisotopic (exact) mass is 324 g/mol. The molecule has 3 aliphatic heterocycles. The Morgan fingerprint density at radius 1 is 1.09 bits per heavy atom. The lowest BCUT2D eigenvalue weighted by atomic mass is 9.86. The van der Waals surface area contributed by atoms with E-state index >= 15 is 0 Å². The second-order valence-corrected chi connectivity index (χ2v) is 7.33. The smallest absolute Gasteiger partial charge is 0.220 e. The van der Waals surface area contributed by atoms with Crippen LogP contribution in [0.5, 0.6) is 0 Å². The molecular weight excluding hydrogens is 292 g/mol. The molecule has 132 valence electrons.